The first-order valence-electron chi connectivity index (χ1n) is 6.72. The second-order valence-corrected chi connectivity index (χ2v) is 4.89. The third-order valence-electron chi connectivity index (χ3n) is 3.88. The highest BCUT2D eigenvalue weighted by molar-refractivity contribution is 5.43. The number of methoxy groups -OCH3 is 1. The number of hydrogen-bond acceptors (Lipinski definition) is 3. The van der Waals surface area contributed by atoms with E-state index in [1.54, 1.807) is 7.11 Å². The maximum absolute atomic E-state index is 10.3. The average Bonchev–Trinajstić information content (AvgIpc) is 2.40. The molecule has 0 amide bonds. The zero-order valence-electron chi connectivity index (χ0n) is 11.3. The van der Waals surface area contributed by atoms with Gasteiger partial charge < -0.3 is 14.6 Å². The standard InChI is InChI=1S/C15H22O3/c1-4-10(5-2)15-9-13(16)12-8-11(17-3)6-7-14(12)18-15/h6-8,10,13,15-16H,4-5,9H2,1-3H3/t13-,15?/m0/s1. The van der Waals surface area contributed by atoms with E-state index in [0.29, 0.717) is 12.3 Å². The highest BCUT2D eigenvalue weighted by Gasteiger charge is 2.31. The van der Waals surface area contributed by atoms with Gasteiger partial charge in [0.15, 0.2) is 0 Å². The van der Waals surface area contributed by atoms with Crippen molar-refractivity contribution in [2.75, 3.05) is 7.11 Å². The van der Waals surface area contributed by atoms with Gasteiger partial charge in [-0.15, -0.1) is 0 Å². The predicted molar refractivity (Wildman–Crippen MR) is 71.1 cm³/mol. The van der Waals surface area contributed by atoms with E-state index < -0.39 is 6.10 Å². The molecule has 2 rings (SSSR count). The molecule has 18 heavy (non-hydrogen) atoms. The van der Waals surface area contributed by atoms with E-state index in [2.05, 4.69) is 13.8 Å². The van der Waals surface area contributed by atoms with E-state index in [4.69, 9.17) is 9.47 Å². The lowest BCUT2D eigenvalue weighted by Gasteiger charge is -2.34. The fourth-order valence-electron chi connectivity index (χ4n) is 2.68. The highest BCUT2D eigenvalue weighted by atomic mass is 16.5. The maximum Gasteiger partial charge on any atom is 0.125 e. The molecule has 1 aromatic carbocycles. The fourth-order valence-corrected chi connectivity index (χ4v) is 2.68. The Kier molecular flexibility index (Phi) is 4.12. The van der Waals surface area contributed by atoms with Gasteiger partial charge in [0, 0.05) is 12.0 Å². The summed E-state index contributed by atoms with van der Waals surface area (Å²) in [5, 5.41) is 10.3. The van der Waals surface area contributed by atoms with Gasteiger partial charge in [0.25, 0.3) is 0 Å². The minimum absolute atomic E-state index is 0.121. The number of hydrogen-bond donors (Lipinski definition) is 1. The number of fused-ring (bicyclic) bond motifs is 1. The van der Waals surface area contributed by atoms with Crippen LogP contribution in [0.1, 0.15) is 44.8 Å². The van der Waals surface area contributed by atoms with Crippen molar-refractivity contribution >= 4 is 0 Å². The number of rotatable bonds is 4. The smallest absolute Gasteiger partial charge is 0.125 e. The second-order valence-electron chi connectivity index (χ2n) is 4.89. The molecule has 1 N–H and O–H groups in total. The van der Waals surface area contributed by atoms with Crippen molar-refractivity contribution in [2.45, 2.75) is 45.3 Å². The minimum Gasteiger partial charge on any atom is -0.497 e. The Morgan fingerprint density at radius 2 is 2.11 bits per heavy atom. The van der Waals surface area contributed by atoms with Crippen LogP contribution < -0.4 is 9.47 Å². The summed E-state index contributed by atoms with van der Waals surface area (Å²) < 4.78 is 11.2. The maximum atomic E-state index is 10.3. The molecule has 3 heteroatoms. The lowest BCUT2D eigenvalue weighted by atomic mass is 9.88. The Bertz CT molecular complexity index is 399. The number of aliphatic hydroxyl groups excluding tert-OH is 1. The highest BCUT2D eigenvalue weighted by Crippen LogP contribution is 2.39. The number of benzene rings is 1. The molecule has 0 saturated heterocycles. The third-order valence-corrected chi connectivity index (χ3v) is 3.88. The summed E-state index contributed by atoms with van der Waals surface area (Å²) in [4.78, 5) is 0. The SMILES string of the molecule is CCC(CC)C1C[C@H](O)c2cc(OC)ccc2O1. The van der Waals surface area contributed by atoms with Gasteiger partial charge in [0.2, 0.25) is 0 Å². The summed E-state index contributed by atoms with van der Waals surface area (Å²) in [5.74, 6) is 2.07. The zero-order chi connectivity index (χ0) is 13.1. The number of ether oxygens (including phenoxy) is 2. The number of aliphatic hydroxyl groups is 1. The predicted octanol–water partition coefficient (Wildman–Crippen LogP) is 3.32. The van der Waals surface area contributed by atoms with Crippen LogP contribution >= 0.6 is 0 Å². The van der Waals surface area contributed by atoms with E-state index in [9.17, 15) is 5.11 Å². The molecule has 3 nitrogen and oxygen atoms in total. The first-order chi connectivity index (χ1) is 8.69. The van der Waals surface area contributed by atoms with Gasteiger partial charge in [0.1, 0.15) is 17.6 Å². The van der Waals surface area contributed by atoms with Crippen LogP contribution in [0.4, 0.5) is 0 Å². The van der Waals surface area contributed by atoms with Crippen molar-refractivity contribution in [3.63, 3.8) is 0 Å². The van der Waals surface area contributed by atoms with Crippen molar-refractivity contribution in [2.24, 2.45) is 5.92 Å². The molecule has 0 spiro atoms. The van der Waals surface area contributed by atoms with E-state index in [1.165, 1.54) is 0 Å². The molecule has 0 bridgehead atoms. The first-order valence-corrected chi connectivity index (χ1v) is 6.72. The van der Waals surface area contributed by atoms with Gasteiger partial charge in [-0.3, -0.25) is 0 Å². The molecule has 0 fully saturated rings. The quantitative estimate of drug-likeness (QED) is 0.891. The Hall–Kier alpha value is -1.22. The van der Waals surface area contributed by atoms with Gasteiger partial charge in [-0.2, -0.15) is 0 Å². The molecule has 100 valence electrons. The van der Waals surface area contributed by atoms with E-state index in [0.717, 1.165) is 29.9 Å². The van der Waals surface area contributed by atoms with Crippen molar-refractivity contribution in [3.8, 4) is 11.5 Å². The normalized spacial score (nSPS) is 22.5. The van der Waals surface area contributed by atoms with Crippen molar-refractivity contribution in [1.29, 1.82) is 0 Å². The first kappa shape index (κ1) is 13.2. The summed E-state index contributed by atoms with van der Waals surface area (Å²) in [6.07, 6.45) is 2.51. The van der Waals surface area contributed by atoms with E-state index in [-0.39, 0.29) is 6.10 Å². The van der Waals surface area contributed by atoms with Gasteiger partial charge in [-0.05, 0) is 37.0 Å². The molecule has 1 aromatic rings. The molecule has 1 heterocycles. The summed E-state index contributed by atoms with van der Waals surface area (Å²) in [7, 11) is 1.63. The zero-order valence-corrected chi connectivity index (χ0v) is 11.3. The Labute approximate surface area is 109 Å². The van der Waals surface area contributed by atoms with Crippen molar-refractivity contribution in [3.05, 3.63) is 23.8 Å². The van der Waals surface area contributed by atoms with Crippen LogP contribution in [0.15, 0.2) is 18.2 Å². The van der Waals surface area contributed by atoms with Crippen LogP contribution in [-0.2, 0) is 0 Å². The largest absolute Gasteiger partial charge is 0.497 e. The van der Waals surface area contributed by atoms with Crippen molar-refractivity contribution in [1.82, 2.24) is 0 Å². The van der Waals surface area contributed by atoms with Crippen molar-refractivity contribution < 1.29 is 14.6 Å². The molecule has 2 atom stereocenters. The Morgan fingerprint density at radius 1 is 1.39 bits per heavy atom. The molecular weight excluding hydrogens is 228 g/mol. The molecule has 1 aliphatic heterocycles. The fraction of sp³-hybridized carbons (Fsp3) is 0.600. The molecule has 1 aliphatic rings. The molecule has 0 aromatic heterocycles. The summed E-state index contributed by atoms with van der Waals surface area (Å²) in [6.45, 7) is 4.35. The molecule has 0 radical (unpaired) electrons. The molecule has 1 unspecified atom stereocenters. The van der Waals surface area contributed by atoms with Crippen LogP contribution in [0.2, 0.25) is 0 Å². The molecule has 0 aliphatic carbocycles. The second kappa shape index (κ2) is 5.61. The van der Waals surface area contributed by atoms with Crippen LogP contribution in [0.3, 0.4) is 0 Å². The monoisotopic (exact) mass is 250 g/mol. The van der Waals surface area contributed by atoms with Gasteiger partial charge >= 0.3 is 0 Å². The lowest BCUT2D eigenvalue weighted by Crippen LogP contribution is -2.32. The Balaban J connectivity index is 2.23. The van der Waals surface area contributed by atoms with Crippen LogP contribution in [-0.4, -0.2) is 18.3 Å². The van der Waals surface area contributed by atoms with Gasteiger partial charge in [0.05, 0.1) is 13.2 Å². The van der Waals surface area contributed by atoms with Gasteiger partial charge in [-0.1, -0.05) is 13.8 Å². The summed E-state index contributed by atoms with van der Waals surface area (Å²) in [5.41, 5.74) is 0.844. The molecular formula is C15H22O3. The van der Waals surface area contributed by atoms with E-state index >= 15 is 0 Å². The van der Waals surface area contributed by atoms with Crippen LogP contribution in [0.5, 0.6) is 11.5 Å². The molecule has 0 saturated carbocycles. The third kappa shape index (κ3) is 2.46. The van der Waals surface area contributed by atoms with Crippen LogP contribution in [0.25, 0.3) is 0 Å². The summed E-state index contributed by atoms with van der Waals surface area (Å²) in [6, 6.07) is 5.63. The lowest BCUT2D eigenvalue weighted by molar-refractivity contribution is 0.0315. The van der Waals surface area contributed by atoms with Crippen LogP contribution in [0, 0.1) is 5.92 Å². The Morgan fingerprint density at radius 3 is 2.72 bits per heavy atom. The summed E-state index contributed by atoms with van der Waals surface area (Å²) >= 11 is 0. The average molecular weight is 250 g/mol. The topological polar surface area (TPSA) is 38.7 Å². The van der Waals surface area contributed by atoms with Gasteiger partial charge in [-0.25, -0.2) is 0 Å². The van der Waals surface area contributed by atoms with E-state index in [1.807, 2.05) is 18.2 Å². The minimum atomic E-state index is -0.450.